The maximum absolute atomic E-state index is 11.9. The molecule has 1 fully saturated rings. The Morgan fingerprint density at radius 2 is 2.23 bits per heavy atom. The maximum atomic E-state index is 11.9. The Kier molecular flexibility index (Phi) is 4.85. The lowest BCUT2D eigenvalue weighted by molar-refractivity contribution is -0.0443. The number of nitrogens with zero attached hydrogens (tertiary/aromatic N) is 1. The molecule has 0 aliphatic carbocycles. The molecule has 0 saturated carbocycles. The second kappa shape index (κ2) is 6.32. The van der Waals surface area contributed by atoms with Crippen LogP contribution in [-0.4, -0.2) is 50.3 Å². The minimum Gasteiger partial charge on any atom is -0.390 e. The Hall–Kier alpha value is -1.49. The van der Waals surface area contributed by atoms with Crippen molar-refractivity contribution in [2.45, 2.75) is 24.9 Å². The summed E-state index contributed by atoms with van der Waals surface area (Å²) in [6.07, 6.45) is -3.01. The topological polar surface area (TPSA) is 163 Å². The van der Waals surface area contributed by atoms with E-state index in [1.54, 1.807) is 0 Å². The predicted octanol–water partition coefficient (Wildman–Crippen LogP) is -1.66. The summed E-state index contributed by atoms with van der Waals surface area (Å²) in [7, 11) is -3.18. The van der Waals surface area contributed by atoms with Gasteiger partial charge in [-0.3, -0.25) is 18.9 Å². The summed E-state index contributed by atoms with van der Waals surface area (Å²) in [6, 6.07) is 1.15. The van der Waals surface area contributed by atoms with E-state index in [0.29, 0.717) is 0 Å². The van der Waals surface area contributed by atoms with Crippen molar-refractivity contribution in [2.24, 2.45) is 0 Å². The average molecular weight is 337 g/mol. The van der Waals surface area contributed by atoms with Crippen LogP contribution in [-0.2, 0) is 13.8 Å². The third-order valence-electron chi connectivity index (χ3n) is 3.13. The molecule has 0 unspecified atom stereocenters. The van der Waals surface area contributed by atoms with Crippen LogP contribution in [0.2, 0.25) is 0 Å². The van der Waals surface area contributed by atoms with Crippen molar-refractivity contribution in [1.82, 2.24) is 9.55 Å². The van der Waals surface area contributed by atoms with E-state index < -0.39 is 44.1 Å². The Bertz CT molecular complexity index is 694. The van der Waals surface area contributed by atoms with Crippen LogP contribution in [0.1, 0.15) is 12.6 Å². The number of H-pyrrole nitrogens is 1. The van der Waals surface area contributed by atoms with E-state index in [0.717, 1.165) is 10.6 Å². The van der Waals surface area contributed by atoms with Crippen molar-refractivity contribution in [1.29, 1.82) is 0 Å². The SMILES string of the molecule is CNc1cc(=O)[nH]c(=O)n1[C@H]1C[C@H](O)[C@@H](COP(=O)(O)O)O1. The van der Waals surface area contributed by atoms with Crippen LogP contribution in [0.3, 0.4) is 0 Å². The first kappa shape index (κ1) is 16.9. The summed E-state index contributed by atoms with van der Waals surface area (Å²) in [4.78, 5) is 42.5. The van der Waals surface area contributed by atoms with E-state index in [4.69, 9.17) is 14.5 Å². The Morgan fingerprint density at radius 1 is 1.55 bits per heavy atom. The van der Waals surface area contributed by atoms with Crippen LogP contribution in [0, 0.1) is 0 Å². The highest BCUT2D eigenvalue weighted by Crippen LogP contribution is 2.38. The molecule has 0 aromatic carbocycles. The lowest BCUT2D eigenvalue weighted by Gasteiger charge is -2.18. The first-order chi connectivity index (χ1) is 10.2. The Balaban J connectivity index is 2.21. The number of phosphoric acid groups is 1. The van der Waals surface area contributed by atoms with Gasteiger partial charge in [0, 0.05) is 19.5 Å². The lowest BCUT2D eigenvalue weighted by Crippen LogP contribution is -2.34. The van der Waals surface area contributed by atoms with Gasteiger partial charge in [0.2, 0.25) is 0 Å². The number of aliphatic hydroxyl groups is 1. The van der Waals surface area contributed by atoms with Gasteiger partial charge in [0.05, 0.1) is 12.7 Å². The number of aromatic amines is 1. The average Bonchev–Trinajstić information content (AvgIpc) is 2.75. The molecule has 1 saturated heterocycles. The summed E-state index contributed by atoms with van der Waals surface area (Å²) in [6.45, 7) is -0.533. The van der Waals surface area contributed by atoms with Crippen molar-refractivity contribution in [2.75, 3.05) is 19.0 Å². The van der Waals surface area contributed by atoms with Gasteiger partial charge in [0.15, 0.2) is 0 Å². The number of rotatable bonds is 5. The minimum absolute atomic E-state index is 0.00415. The van der Waals surface area contributed by atoms with Crippen molar-refractivity contribution in [3.8, 4) is 0 Å². The zero-order chi connectivity index (χ0) is 16.5. The number of phosphoric ester groups is 1. The van der Waals surface area contributed by atoms with E-state index in [1.165, 1.54) is 7.05 Å². The quantitative estimate of drug-likeness (QED) is 0.395. The third kappa shape index (κ3) is 3.83. The third-order valence-corrected chi connectivity index (χ3v) is 3.62. The molecule has 1 aliphatic rings. The number of hydrogen-bond donors (Lipinski definition) is 5. The van der Waals surface area contributed by atoms with Crippen molar-refractivity contribution >= 4 is 13.6 Å². The van der Waals surface area contributed by atoms with Crippen LogP contribution in [0.4, 0.5) is 5.82 Å². The van der Waals surface area contributed by atoms with Gasteiger partial charge in [-0.15, -0.1) is 0 Å². The Morgan fingerprint density at radius 3 is 2.82 bits per heavy atom. The zero-order valence-corrected chi connectivity index (χ0v) is 12.4. The van der Waals surface area contributed by atoms with Crippen molar-refractivity contribution < 1.29 is 28.7 Å². The molecule has 3 atom stereocenters. The van der Waals surface area contributed by atoms with Gasteiger partial charge < -0.3 is 24.9 Å². The minimum atomic E-state index is -4.69. The molecule has 124 valence electrons. The second-order valence-corrected chi connectivity index (χ2v) is 5.90. The van der Waals surface area contributed by atoms with Gasteiger partial charge in [-0.1, -0.05) is 0 Å². The molecule has 2 rings (SSSR count). The summed E-state index contributed by atoms with van der Waals surface area (Å²) in [5, 5.41) is 12.5. The number of aliphatic hydroxyl groups excluding tert-OH is 1. The highest BCUT2D eigenvalue weighted by Gasteiger charge is 2.37. The van der Waals surface area contributed by atoms with Gasteiger partial charge in [0.25, 0.3) is 5.56 Å². The van der Waals surface area contributed by atoms with E-state index in [1.807, 2.05) is 0 Å². The first-order valence-electron chi connectivity index (χ1n) is 6.28. The summed E-state index contributed by atoms with van der Waals surface area (Å²) in [5.41, 5.74) is -1.32. The fraction of sp³-hybridized carbons (Fsp3) is 0.600. The fourth-order valence-electron chi connectivity index (χ4n) is 2.18. The lowest BCUT2D eigenvalue weighted by atomic mass is 10.2. The maximum Gasteiger partial charge on any atom is 0.469 e. The Labute approximate surface area is 123 Å². The predicted molar refractivity (Wildman–Crippen MR) is 73.4 cm³/mol. The van der Waals surface area contributed by atoms with E-state index >= 15 is 0 Å². The van der Waals surface area contributed by atoms with Crippen LogP contribution in [0.15, 0.2) is 15.7 Å². The molecule has 2 heterocycles. The molecule has 0 bridgehead atoms. The van der Waals surface area contributed by atoms with Crippen LogP contribution in [0.25, 0.3) is 0 Å². The van der Waals surface area contributed by atoms with Crippen LogP contribution < -0.4 is 16.6 Å². The normalized spacial score (nSPS) is 25.4. The van der Waals surface area contributed by atoms with Crippen LogP contribution >= 0.6 is 7.82 Å². The summed E-state index contributed by atoms with van der Waals surface area (Å²) in [5.74, 6) is 0.183. The molecule has 12 heteroatoms. The molecule has 11 nitrogen and oxygen atoms in total. The molecular weight excluding hydrogens is 321 g/mol. The van der Waals surface area contributed by atoms with Gasteiger partial charge in [-0.25, -0.2) is 9.36 Å². The molecule has 1 aliphatic heterocycles. The standard InChI is InChI=1S/C10H16N3O8P/c1-11-7-3-8(15)12-10(16)13(7)9-2-5(14)6(21-9)4-20-22(17,18)19/h3,5-6,9,11,14H,2,4H2,1H3,(H,12,15,16)(H2,17,18,19)/t5-,6+,9+/m0/s1. The van der Waals surface area contributed by atoms with Gasteiger partial charge in [0.1, 0.15) is 18.1 Å². The van der Waals surface area contributed by atoms with Crippen molar-refractivity contribution in [3.63, 3.8) is 0 Å². The monoisotopic (exact) mass is 337 g/mol. The summed E-state index contributed by atoms with van der Waals surface area (Å²) < 4.78 is 21.5. The molecule has 0 amide bonds. The van der Waals surface area contributed by atoms with E-state index in [2.05, 4.69) is 14.8 Å². The molecule has 0 spiro atoms. The number of aromatic nitrogens is 2. The van der Waals surface area contributed by atoms with Crippen LogP contribution in [0.5, 0.6) is 0 Å². The smallest absolute Gasteiger partial charge is 0.390 e. The molecule has 1 aromatic rings. The first-order valence-corrected chi connectivity index (χ1v) is 7.81. The van der Waals surface area contributed by atoms with Crippen molar-refractivity contribution in [3.05, 3.63) is 26.9 Å². The fourth-order valence-corrected chi connectivity index (χ4v) is 2.52. The number of ether oxygens (including phenoxy) is 1. The molecule has 1 aromatic heterocycles. The van der Waals surface area contributed by atoms with E-state index in [9.17, 15) is 19.3 Å². The largest absolute Gasteiger partial charge is 0.469 e. The molecular formula is C10H16N3O8P. The van der Waals surface area contributed by atoms with Gasteiger partial charge in [-0.2, -0.15) is 0 Å². The number of hydrogen-bond acceptors (Lipinski definition) is 7. The van der Waals surface area contributed by atoms with E-state index in [-0.39, 0.29) is 12.2 Å². The number of nitrogens with one attached hydrogen (secondary N) is 2. The van der Waals surface area contributed by atoms with Gasteiger partial charge in [-0.05, 0) is 0 Å². The molecule has 0 radical (unpaired) electrons. The highest BCUT2D eigenvalue weighted by molar-refractivity contribution is 7.46. The van der Waals surface area contributed by atoms with Gasteiger partial charge >= 0.3 is 13.5 Å². The second-order valence-electron chi connectivity index (χ2n) is 4.66. The number of anilines is 1. The molecule has 22 heavy (non-hydrogen) atoms. The summed E-state index contributed by atoms with van der Waals surface area (Å²) >= 11 is 0. The zero-order valence-electron chi connectivity index (χ0n) is 11.5. The highest BCUT2D eigenvalue weighted by atomic mass is 31.2. The molecule has 5 N–H and O–H groups in total.